The zero-order valence-corrected chi connectivity index (χ0v) is 15.0. The van der Waals surface area contributed by atoms with Crippen molar-refractivity contribution >= 4 is 17.5 Å². The molecular weight excluding hydrogens is 346 g/mol. The van der Waals surface area contributed by atoms with Gasteiger partial charge in [-0.2, -0.15) is 0 Å². The lowest BCUT2D eigenvalue weighted by atomic mass is 10.1. The quantitative estimate of drug-likeness (QED) is 0.808. The van der Waals surface area contributed by atoms with Crippen molar-refractivity contribution in [2.24, 2.45) is 0 Å². The highest BCUT2D eigenvalue weighted by atomic mass is 35.5. The Balaban J connectivity index is 1.85. The van der Waals surface area contributed by atoms with Crippen LogP contribution in [-0.2, 0) is 17.8 Å². The number of likely N-dealkylation sites (N-methyl/N-ethyl adjacent to an activating group) is 1. The number of hydrogen-bond donors (Lipinski definition) is 1. The van der Waals surface area contributed by atoms with Crippen molar-refractivity contribution in [1.29, 1.82) is 0 Å². The van der Waals surface area contributed by atoms with E-state index in [4.69, 9.17) is 11.6 Å². The maximum Gasteiger partial charge on any atom is 0.237 e. The molecule has 0 radical (unpaired) electrons. The molecule has 6 heteroatoms. The number of benzene rings is 2. The van der Waals surface area contributed by atoms with E-state index < -0.39 is 6.04 Å². The Morgan fingerprint density at radius 3 is 2.52 bits per heavy atom. The number of hydrogen-bond acceptors (Lipinski definition) is 2. The lowest BCUT2D eigenvalue weighted by Gasteiger charge is -2.24. The van der Waals surface area contributed by atoms with Gasteiger partial charge in [-0.1, -0.05) is 29.8 Å². The summed E-state index contributed by atoms with van der Waals surface area (Å²) < 4.78 is 26.7. The Hall–Kier alpha value is -1.98. The fraction of sp³-hybridized carbons (Fsp3) is 0.316. The summed E-state index contributed by atoms with van der Waals surface area (Å²) >= 11 is 6.03. The highest BCUT2D eigenvalue weighted by Crippen LogP contribution is 2.21. The van der Waals surface area contributed by atoms with Gasteiger partial charge in [-0.15, -0.1) is 0 Å². The van der Waals surface area contributed by atoms with Crippen molar-refractivity contribution in [2.45, 2.75) is 25.9 Å². The summed E-state index contributed by atoms with van der Waals surface area (Å²) in [4.78, 5) is 14.0. The molecule has 1 amide bonds. The van der Waals surface area contributed by atoms with Crippen LogP contribution in [0, 0.1) is 11.6 Å². The van der Waals surface area contributed by atoms with Gasteiger partial charge in [0.15, 0.2) is 0 Å². The topological polar surface area (TPSA) is 32.3 Å². The molecule has 2 aromatic rings. The molecule has 0 saturated heterocycles. The average Bonchev–Trinajstić information content (AvgIpc) is 2.59. The molecule has 0 heterocycles. The molecule has 0 aromatic heterocycles. The zero-order valence-electron chi connectivity index (χ0n) is 14.2. The van der Waals surface area contributed by atoms with E-state index in [1.165, 1.54) is 18.2 Å². The zero-order chi connectivity index (χ0) is 18.4. The molecule has 1 N–H and O–H groups in total. The highest BCUT2D eigenvalue weighted by Gasteiger charge is 2.20. The third-order valence-electron chi connectivity index (χ3n) is 4.14. The van der Waals surface area contributed by atoms with E-state index in [1.807, 2.05) is 0 Å². The molecule has 134 valence electrons. The number of carbonyl (C=O) groups excluding carboxylic acids is 1. The van der Waals surface area contributed by atoms with Gasteiger partial charge >= 0.3 is 0 Å². The molecule has 0 bridgehead atoms. The molecule has 0 aliphatic heterocycles. The smallest absolute Gasteiger partial charge is 0.237 e. The maximum atomic E-state index is 13.9. The third kappa shape index (κ3) is 5.51. The molecule has 1 unspecified atom stereocenters. The summed E-state index contributed by atoms with van der Waals surface area (Å²) in [6, 6.07) is 10.3. The van der Waals surface area contributed by atoms with Crippen LogP contribution in [0.2, 0.25) is 5.02 Å². The Kier molecular flexibility index (Phi) is 6.91. The minimum atomic E-state index is -0.441. The second-order valence-corrected chi connectivity index (χ2v) is 6.37. The van der Waals surface area contributed by atoms with Crippen LogP contribution >= 0.6 is 11.6 Å². The highest BCUT2D eigenvalue weighted by molar-refractivity contribution is 6.31. The summed E-state index contributed by atoms with van der Waals surface area (Å²) in [5.74, 6) is -0.824. The molecule has 2 aromatic carbocycles. The van der Waals surface area contributed by atoms with Crippen LogP contribution in [0.3, 0.4) is 0 Å². The van der Waals surface area contributed by atoms with E-state index in [-0.39, 0.29) is 24.1 Å². The Bertz CT molecular complexity index is 702. The van der Waals surface area contributed by atoms with Gasteiger partial charge in [0, 0.05) is 23.7 Å². The van der Waals surface area contributed by atoms with Gasteiger partial charge in [0.2, 0.25) is 5.91 Å². The number of carbonyl (C=O) groups is 1. The Morgan fingerprint density at radius 2 is 1.88 bits per heavy atom. The Labute approximate surface area is 151 Å². The first-order chi connectivity index (χ1) is 11.9. The van der Waals surface area contributed by atoms with Crippen LogP contribution in [0.25, 0.3) is 0 Å². The van der Waals surface area contributed by atoms with Crippen LogP contribution < -0.4 is 5.32 Å². The van der Waals surface area contributed by atoms with Gasteiger partial charge in [0.1, 0.15) is 11.6 Å². The van der Waals surface area contributed by atoms with E-state index in [0.717, 1.165) is 5.56 Å². The monoisotopic (exact) mass is 366 g/mol. The van der Waals surface area contributed by atoms with Crippen LogP contribution in [0.15, 0.2) is 42.5 Å². The van der Waals surface area contributed by atoms with Crippen LogP contribution in [0.1, 0.15) is 18.1 Å². The van der Waals surface area contributed by atoms with Crippen LogP contribution in [0.5, 0.6) is 0 Å². The van der Waals surface area contributed by atoms with Gasteiger partial charge in [-0.05, 0) is 50.2 Å². The van der Waals surface area contributed by atoms with Crippen molar-refractivity contribution in [1.82, 2.24) is 10.2 Å². The van der Waals surface area contributed by atoms with Gasteiger partial charge in [-0.3, -0.25) is 9.69 Å². The minimum absolute atomic E-state index is 0.155. The number of amides is 1. The minimum Gasteiger partial charge on any atom is -0.354 e. The van der Waals surface area contributed by atoms with E-state index >= 15 is 0 Å². The number of rotatable bonds is 7. The fourth-order valence-electron chi connectivity index (χ4n) is 2.40. The van der Waals surface area contributed by atoms with Gasteiger partial charge in [-0.25, -0.2) is 8.78 Å². The van der Waals surface area contributed by atoms with E-state index in [2.05, 4.69) is 5.32 Å². The molecule has 0 saturated carbocycles. The van der Waals surface area contributed by atoms with E-state index in [0.29, 0.717) is 23.6 Å². The molecule has 0 spiro atoms. The lowest BCUT2D eigenvalue weighted by molar-refractivity contribution is -0.125. The maximum absolute atomic E-state index is 13.9. The second-order valence-electron chi connectivity index (χ2n) is 5.96. The van der Waals surface area contributed by atoms with Gasteiger partial charge in [0.25, 0.3) is 0 Å². The molecule has 1 atom stereocenters. The van der Waals surface area contributed by atoms with Gasteiger partial charge < -0.3 is 5.32 Å². The van der Waals surface area contributed by atoms with Crippen LogP contribution in [-0.4, -0.2) is 30.4 Å². The summed E-state index contributed by atoms with van der Waals surface area (Å²) in [5.41, 5.74) is 1.32. The SMILES string of the molecule is CC(C(=O)NCCc1ccc(F)cc1)N(C)Cc1c(F)cccc1Cl. The van der Waals surface area contributed by atoms with Crippen molar-refractivity contribution in [3.63, 3.8) is 0 Å². The van der Waals surface area contributed by atoms with E-state index in [1.54, 1.807) is 43.1 Å². The average molecular weight is 367 g/mol. The molecule has 3 nitrogen and oxygen atoms in total. The predicted molar refractivity (Wildman–Crippen MR) is 95.5 cm³/mol. The summed E-state index contributed by atoms with van der Waals surface area (Å²) in [5, 5.41) is 3.18. The van der Waals surface area contributed by atoms with Crippen molar-refractivity contribution < 1.29 is 13.6 Å². The van der Waals surface area contributed by atoms with Crippen molar-refractivity contribution in [3.05, 3.63) is 70.2 Å². The lowest BCUT2D eigenvalue weighted by Crippen LogP contribution is -2.43. The normalized spacial score (nSPS) is 12.2. The standard InChI is InChI=1S/C19H21ClF2N2O/c1-13(24(2)12-16-17(20)4-3-5-18(16)22)19(25)23-11-10-14-6-8-15(21)9-7-14/h3-9,13H,10-12H2,1-2H3,(H,23,25). The largest absolute Gasteiger partial charge is 0.354 e. The first kappa shape index (κ1) is 19.3. The first-order valence-electron chi connectivity index (χ1n) is 8.03. The predicted octanol–water partition coefficient (Wildman–Crippen LogP) is 3.80. The molecule has 0 fully saturated rings. The molecule has 0 aliphatic carbocycles. The van der Waals surface area contributed by atoms with Crippen molar-refractivity contribution in [2.75, 3.05) is 13.6 Å². The summed E-state index contributed by atoms with van der Waals surface area (Å²) in [6.07, 6.45) is 0.613. The van der Waals surface area contributed by atoms with Crippen LogP contribution in [0.4, 0.5) is 8.78 Å². The number of halogens is 3. The van der Waals surface area contributed by atoms with Crippen molar-refractivity contribution in [3.8, 4) is 0 Å². The second kappa shape index (κ2) is 8.92. The Morgan fingerprint density at radius 1 is 1.20 bits per heavy atom. The molecule has 25 heavy (non-hydrogen) atoms. The first-order valence-corrected chi connectivity index (χ1v) is 8.41. The molecular formula is C19H21ClF2N2O. The summed E-state index contributed by atoms with van der Waals surface area (Å²) in [6.45, 7) is 2.43. The molecule has 2 rings (SSSR count). The van der Waals surface area contributed by atoms with E-state index in [9.17, 15) is 13.6 Å². The number of nitrogens with one attached hydrogen (secondary N) is 1. The third-order valence-corrected chi connectivity index (χ3v) is 4.49. The molecule has 0 aliphatic rings. The number of nitrogens with zero attached hydrogens (tertiary/aromatic N) is 1. The van der Waals surface area contributed by atoms with Gasteiger partial charge in [0.05, 0.1) is 6.04 Å². The fourth-order valence-corrected chi connectivity index (χ4v) is 2.62. The summed E-state index contributed by atoms with van der Waals surface area (Å²) in [7, 11) is 1.74.